The van der Waals surface area contributed by atoms with Gasteiger partial charge in [-0.1, -0.05) is 6.92 Å². The molecule has 2 heterocycles. The van der Waals surface area contributed by atoms with E-state index in [1.54, 1.807) is 4.90 Å². The summed E-state index contributed by atoms with van der Waals surface area (Å²) >= 11 is 0. The first-order chi connectivity index (χ1) is 9.31. The maximum Gasteiger partial charge on any atom is 0.433 e. The molecule has 0 spiro atoms. The van der Waals surface area contributed by atoms with E-state index in [2.05, 4.69) is 9.97 Å². The molecule has 0 aromatic carbocycles. The van der Waals surface area contributed by atoms with E-state index in [1.807, 2.05) is 13.8 Å². The van der Waals surface area contributed by atoms with Gasteiger partial charge in [0.2, 0.25) is 5.95 Å². The van der Waals surface area contributed by atoms with Crippen molar-refractivity contribution in [3.8, 4) is 0 Å². The highest BCUT2D eigenvalue weighted by Gasteiger charge is 2.35. The summed E-state index contributed by atoms with van der Waals surface area (Å²) in [5.41, 5.74) is 4.38. The van der Waals surface area contributed by atoms with Crippen molar-refractivity contribution in [2.45, 2.75) is 38.6 Å². The third-order valence-electron chi connectivity index (χ3n) is 3.25. The van der Waals surface area contributed by atoms with Crippen molar-refractivity contribution in [3.05, 3.63) is 11.8 Å². The third kappa shape index (κ3) is 3.12. The average Bonchev–Trinajstić information content (AvgIpc) is 2.37. The van der Waals surface area contributed by atoms with E-state index in [-0.39, 0.29) is 23.9 Å². The van der Waals surface area contributed by atoms with E-state index in [4.69, 9.17) is 10.5 Å². The van der Waals surface area contributed by atoms with Crippen LogP contribution in [0.5, 0.6) is 0 Å². The van der Waals surface area contributed by atoms with Crippen LogP contribution in [-0.2, 0) is 10.9 Å². The Morgan fingerprint density at radius 1 is 1.45 bits per heavy atom. The predicted octanol–water partition coefficient (Wildman–Crippen LogP) is 2.08. The second-order valence-corrected chi connectivity index (χ2v) is 4.83. The molecule has 2 rings (SSSR count). The molecule has 2 N–H and O–H groups in total. The van der Waals surface area contributed by atoms with Crippen LogP contribution in [0, 0.1) is 0 Å². The van der Waals surface area contributed by atoms with Gasteiger partial charge >= 0.3 is 6.18 Å². The quantitative estimate of drug-likeness (QED) is 0.903. The van der Waals surface area contributed by atoms with Crippen LogP contribution >= 0.6 is 0 Å². The summed E-state index contributed by atoms with van der Waals surface area (Å²) in [5, 5.41) is 0. The topological polar surface area (TPSA) is 64.3 Å². The van der Waals surface area contributed by atoms with Crippen LogP contribution in [0.3, 0.4) is 0 Å². The van der Waals surface area contributed by atoms with E-state index in [9.17, 15) is 13.2 Å². The number of nitrogen functional groups attached to an aromatic ring is 1. The fourth-order valence-electron chi connectivity index (χ4n) is 2.21. The molecule has 1 aromatic heterocycles. The van der Waals surface area contributed by atoms with Gasteiger partial charge in [0.15, 0.2) is 5.69 Å². The van der Waals surface area contributed by atoms with Crippen LogP contribution in [0.2, 0.25) is 0 Å². The average molecular weight is 290 g/mol. The van der Waals surface area contributed by atoms with Crippen molar-refractivity contribution in [3.63, 3.8) is 0 Å². The summed E-state index contributed by atoms with van der Waals surface area (Å²) in [6.45, 7) is 4.76. The minimum atomic E-state index is -4.54. The van der Waals surface area contributed by atoms with Crippen molar-refractivity contribution in [2.24, 2.45) is 0 Å². The van der Waals surface area contributed by atoms with Crippen LogP contribution in [0.15, 0.2) is 6.07 Å². The molecule has 1 fully saturated rings. The van der Waals surface area contributed by atoms with Gasteiger partial charge in [0.05, 0.1) is 18.8 Å². The van der Waals surface area contributed by atoms with Gasteiger partial charge in [0, 0.05) is 12.6 Å². The standard InChI is InChI=1S/C12H17F3N4O/c1-3-8-6-20-7(2)5-19(8)10-4-9(12(13,14)15)17-11(16)18-10/h4,7-8H,3,5-6H2,1-2H3,(H2,16,17,18). The first kappa shape index (κ1) is 14.8. The summed E-state index contributed by atoms with van der Waals surface area (Å²) in [7, 11) is 0. The molecular formula is C12H17F3N4O. The fraction of sp³-hybridized carbons (Fsp3) is 0.667. The zero-order valence-corrected chi connectivity index (χ0v) is 11.3. The second kappa shape index (κ2) is 5.43. The van der Waals surface area contributed by atoms with Gasteiger partial charge in [-0.2, -0.15) is 18.2 Å². The molecule has 20 heavy (non-hydrogen) atoms. The molecule has 1 aromatic rings. The maximum atomic E-state index is 12.8. The molecule has 8 heteroatoms. The smallest absolute Gasteiger partial charge is 0.375 e. The lowest BCUT2D eigenvalue weighted by molar-refractivity contribution is -0.141. The van der Waals surface area contributed by atoms with Gasteiger partial charge in [-0.3, -0.25) is 0 Å². The Morgan fingerprint density at radius 3 is 2.75 bits per heavy atom. The summed E-state index contributed by atoms with van der Waals surface area (Å²) in [6.07, 6.45) is -3.85. The van der Waals surface area contributed by atoms with Crippen molar-refractivity contribution in [1.82, 2.24) is 9.97 Å². The molecule has 0 saturated carbocycles. The van der Waals surface area contributed by atoms with Gasteiger partial charge in [-0.15, -0.1) is 0 Å². The van der Waals surface area contributed by atoms with Gasteiger partial charge in [0.25, 0.3) is 0 Å². The van der Waals surface area contributed by atoms with Crippen molar-refractivity contribution in [2.75, 3.05) is 23.8 Å². The van der Waals surface area contributed by atoms with Crippen LogP contribution in [0.1, 0.15) is 26.0 Å². The largest absolute Gasteiger partial charge is 0.433 e. The molecule has 0 radical (unpaired) electrons. The Kier molecular flexibility index (Phi) is 4.03. The third-order valence-corrected chi connectivity index (χ3v) is 3.25. The zero-order valence-electron chi connectivity index (χ0n) is 11.3. The first-order valence-corrected chi connectivity index (χ1v) is 6.41. The molecule has 2 unspecified atom stereocenters. The first-order valence-electron chi connectivity index (χ1n) is 6.41. The number of hydrogen-bond acceptors (Lipinski definition) is 5. The molecule has 2 atom stereocenters. The maximum absolute atomic E-state index is 12.8. The van der Waals surface area contributed by atoms with E-state index >= 15 is 0 Å². The van der Waals surface area contributed by atoms with Crippen LogP contribution in [0.25, 0.3) is 0 Å². The van der Waals surface area contributed by atoms with E-state index < -0.39 is 11.9 Å². The normalized spacial score (nSPS) is 23.9. The minimum absolute atomic E-state index is 0.0124. The predicted molar refractivity (Wildman–Crippen MR) is 68.3 cm³/mol. The minimum Gasteiger partial charge on any atom is -0.375 e. The summed E-state index contributed by atoms with van der Waals surface area (Å²) in [4.78, 5) is 9.00. The fourth-order valence-corrected chi connectivity index (χ4v) is 2.21. The molecule has 1 aliphatic rings. The van der Waals surface area contributed by atoms with Crippen LogP contribution < -0.4 is 10.6 Å². The Labute approximate surface area is 114 Å². The van der Waals surface area contributed by atoms with E-state index in [1.165, 1.54) is 0 Å². The van der Waals surface area contributed by atoms with Gasteiger partial charge in [0.1, 0.15) is 5.82 Å². The Bertz CT molecular complexity index is 480. The number of rotatable bonds is 2. The highest BCUT2D eigenvalue weighted by atomic mass is 19.4. The number of ether oxygens (including phenoxy) is 1. The Hall–Kier alpha value is -1.57. The highest BCUT2D eigenvalue weighted by molar-refractivity contribution is 5.45. The van der Waals surface area contributed by atoms with Crippen LogP contribution in [0.4, 0.5) is 24.9 Å². The number of aromatic nitrogens is 2. The van der Waals surface area contributed by atoms with Crippen LogP contribution in [-0.4, -0.2) is 35.3 Å². The van der Waals surface area contributed by atoms with Gasteiger partial charge < -0.3 is 15.4 Å². The molecular weight excluding hydrogens is 273 g/mol. The number of hydrogen-bond donors (Lipinski definition) is 1. The number of alkyl halides is 3. The molecule has 5 nitrogen and oxygen atoms in total. The summed E-state index contributed by atoms with van der Waals surface area (Å²) in [6, 6.07) is 0.929. The Balaban J connectivity index is 2.37. The molecule has 112 valence electrons. The lowest BCUT2D eigenvalue weighted by Gasteiger charge is -2.39. The second-order valence-electron chi connectivity index (χ2n) is 4.83. The number of halogens is 3. The zero-order chi connectivity index (χ0) is 14.9. The number of morpholine rings is 1. The summed E-state index contributed by atoms with van der Waals surface area (Å²) in [5.74, 6) is -0.171. The lowest BCUT2D eigenvalue weighted by atomic mass is 10.1. The molecule has 0 bridgehead atoms. The number of nitrogens with two attached hydrogens (primary N) is 1. The van der Waals surface area contributed by atoms with Crippen molar-refractivity contribution >= 4 is 11.8 Å². The molecule has 1 aliphatic heterocycles. The molecule has 1 saturated heterocycles. The number of nitrogens with zero attached hydrogens (tertiary/aromatic N) is 3. The summed E-state index contributed by atoms with van der Waals surface area (Å²) < 4.78 is 43.9. The van der Waals surface area contributed by atoms with Crippen molar-refractivity contribution < 1.29 is 17.9 Å². The monoisotopic (exact) mass is 290 g/mol. The number of anilines is 2. The molecule has 0 amide bonds. The highest BCUT2D eigenvalue weighted by Crippen LogP contribution is 2.31. The van der Waals surface area contributed by atoms with E-state index in [0.29, 0.717) is 13.2 Å². The van der Waals surface area contributed by atoms with Gasteiger partial charge in [-0.05, 0) is 13.3 Å². The van der Waals surface area contributed by atoms with Crippen molar-refractivity contribution in [1.29, 1.82) is 0 Å². The molecule has 0 aliphatic carbocycles. The van der Waals surface area contributed by atoms with E-state index in [0.717, 1.165) is 12.5 Å². The lowest BCUT2D eigenvalue weighted by Crippen LogP contribution is -2.49. The Morgan fingerprint density at radius 2 is 2.15 bits per heavy atom. The van der Waals surface area contributed by atoms with Gasteiger partial charge in [-0.25, -0.2) is 4.98 Å². The SMILES string of the molecule is CCC1COC(C)CN1c1cc(C(F)(F)F)nc(N)n1.